The molecular weight excluding hydrogens is 306 g/mol. The molecule has 0 fully saturated rings. The lowest BCUT2D eigenvalue weighted by Crippen LogP contribution is -2.33. The van der Waals surface area contributed by atoms with Crippen LogP contribution < -0.4 is 0 Å². The number of amides is 1. The molecule has 0 N–H and O–H groups in total. The summed E-state index contributed by atoms with van der Waals surface area (Å²) in [6, 6.07) is 9.48. The summed E-state index contributed by atoms with van der Waals surface area (Å²) in [5.74, 6) is -0.135. The Hall–Kier alpha value is -1.85. The maximum atomic E-state index is 12.4. The van der Waals surface area contributed by atoms with Crippen LogP contribution >= 0.6 is 15.9 Å². The summed E-state index contributed by atoms with van der Waals surface area (Å²) in [6.07, 6.45) is 0.536. The second kappa shape index (κ2) is 7.56. The lowest BCUT2D eigenvalue weighted by Gasteiger charge is -2.21. The van der Waals surface area contributed by atoms with Crippen LogP contribution in [0.3, 0.4) is 0 Å². The summed E-state index contributed by atoms with van der Waals surface area (Å²) in [6.45, 7) is 2.57. The zero-order valence-electron chi connectivity index (χ0n) is 10.7. The summed E-state index contributed by atoms with van der Waals surface area (Å²) in [5.41, 5.74) is 1.47. The Balaban J connectivity index is 2.95. The first-order valence-corrected chi connectivity index (χ1v) is 6.69. The van der Waals surface area contributed by atoms with Crippen LogP contribution in [0.4, 0.5) is 0 Å². The van der Waals surface area contributed by atoms with Crippen LogP contribution in [0.15, 0.2) is 22.7 Å². The van der Waals surface area contributed by atoms with Gasteiger partial charge >= 0.3 is 0 Å². The highest BCUT2D eigenvalue weighted by Gasteiger charge is 2.17. The second-order valence-electron chi connectivity index (χ2n) is 4.02. The lowest BCUT2D eigenvalue weighted by atomic mass is 10.1. The minimum atomic E-state index is -0.135. The molecule has 4 nitrogen and oxygen atoms in total. The van der Waals surface area contributed by atoms with Crippen LogP contribution in [0.1, 0.15) is 28.8 Å². The largest absolute Gasteiger partial charge is 0.337 e. The highest BCUT2D eigenvalue weighted by atomic mass is 79.9. The number of hydrogen-bond donors (Lipinski definition) is 0. The van der Waals surface area contributed by atoms with Gasteiger partial charge in [0.2, 0.25) is 0 Å². The van der Waals surface area contributed by atoms with Crippen molar-refractivity contribution in [1.29, 1.82) is 10.5 Å². The predicted molar refractivity (Wildman–Crippen MR) is 75.2 cm³/mol. The van der Waals surface area contributed by atoms with Gasteiger partial charge in [0.05, 0.1) is 25.0 Å². The molecule has 0 radical (unpaired) electrons. The van der Waals surface area contributed by atoms with Crippen LogP contribution in [0.25, 0.3) is 0 Å². The third kappa shape index (κ3) is 4.08. The van der Waals surface area contributed by atoms with Crippen molar-refractivity contribution >= 4 is 21.8 Å². The van der Waals surface area contributed by atoms with Gasteiger partial charge in [-0.25, -0.2) is 0 Å². The van der Waals surface area contributed by atoms with E-state index in [0.29, 0.717) is 18.7 Å². The van der Waals surface area contributed by atoms with E-state index in [-0.39, 0.29) is 18.7 Å². The highest BCUT2D eigenvalue weighted by molar-refractivity contribution is 9.10. The number of benzene rings is 1. The molecule has 0 unspecified atom stereocenters. The predicted octanol–water partition coefficient (Wildman–Crippen LogP) is 3.03. The van der Waals surface area contributed by atoms with E-state index < -0.39 is 0 Å². The summed E-state index contributed by atoms with van der Waals surface area (Å²) in [7, 11) is 0. The van der Waals surface area contributed by atoms with Gasteiger partial charge in [-0.15, -0.1) is 0 Å². The molecule has 0 saturated heterocycles. The molecule has 0 saturated carbocycles. The molecule has 0 atom stereocenters. The first-order valence-electron chi connectivity index (χ1n) is 5.90. The summed E-state index contributed by atoms with van der Waals surface area (Å²) >= 11 is 3.39. The van der Waals surface area contributed by atoms with E-state index in [1.807, 2.05) is 25.1 Å². The molecule has 1 rings (SSSR count). The number of hydrogen-bond acceptors (Lipinski definition) is 3. The van der Waals surface area contributed by atoms with E-state index in [2.05, 4.69) is 15.9 Å². The fourth-order valence-electron chi connectivity index (χ4n) is 1.69. The van der Waals surface area contributed by atoms with Crippen LogP contribution in [-0.4, -0.2) is 23.9 Å². The molecule has 0 aliphatic heterocycles. The van der Waals surface area contributed by atoms with E-state index in [9.17, 15) is 4.79 Å². The molecule has 98 valence electrons. The Morgan fingerprint density at radius 3 is 2.37 bits per heavy atom. The third-order valence-corrected chi connectivity index (χ3v) is 3.63. The highest BCUT2D eigenvalue weighted by Crippen LogP contribution is 2.20. The summed E-state index contributed by atoms with van der Waals surface area (Å²) in [4.78, 5) is 14.0. The number of nitriles is 2. The summed E-state index contributed by atoms with van der Waals surface area (Å²) in [5, 5.41) is 17.3. The fourth-order valence-corrected chi connectivity index (χ4v) is 2.06. The molecular formula is C14H14BrN3O. The van der Waals surface area contributed by atoms with Crippen molar-refractivity contribution < 1.29 is 4.79 Å². The molecule has 1 amide bonds. The van der Waals surface area contributed by atoms with Crippen molar-refractivity contribution in [2.75, 3.05) is 13.1 Å². The van der Waals surface area contributed by atoms with Gasteiger partial charge in [0.1, 0.15) is 0 Å². The number of nitrogens with zero attached hydrogens (tertiary/aromatic N) is 3. The first-order chi connectivity index (χ1) is 9.11. The Morgan fingerprint density at radius 2 is 1.84 bits per heavy atom. The van der Waals surface area contributed by atoms with Crippen LogP contribution in [0, 0.1) is 29.6 Å². The van der Waals surface area contributed by atoms with Gasteiger partial charge < -0.3 is 4.90 Å². The zero-order chi connectivity index (χ0) is 14.3. The smallest absolute Gasteiger partial charge is 0.254 e. The quantitative estimate of drug-likeness (QED) is 0.837. The average Bonchev–Trinajstić information content (AvgIpc) is 2.41. The fraction of sp³-hybridized carbons (Fsp3) is 0.357. The van der Waals surface area contributed by atoms with E-state index >= 15 is 0 Å². The molecule has 5 heteroatoms. The van der Waals surface area contributed by atoms with Crippen LogP contribution in [0.5, 0.6) is 0 Å². The molecule has 19 heavy (non-hydrogen) atoms. The normalized spacial score (nSPS) is 9.47. The Kier molecular flexibility index (Phi) is 6.05. The maximum absolute atomic E-state index is 12.4. The third-order valence-electron chi connectivity index (χ3n) is 2.77. The van der Waals surface area contributed by atoms with Gasteiger partial charge in [-0.1, -0.05) is 22.0 Å². The molecule has 0 aromatic heterocycles. The van der Waals surface area contributed by atoms with Crippen molar-refractivity contribution in [2.45, 2.75) is 19.8 Å². The van der Waals surface area contributed by atoms with Gasteiger partial charge in [0.25, 0.3) is 5.91 Å². The lowest BCUT2D eigenvalue weighted by molar-refractivity contribution is 0.0761. The monoisotopic (exact) mass is 319 g/mol. The summed E-state index contributed by atoms with van der Waals surface area (Å²) < 4.78 is 0.874. The minimum absolute atomic E-state index is 0.135. The van der Waals surface area contributed by atoms with Gasteiger partial charge in [-0.3, -0.25) is 4.79 Å². The Morgan fingerprint density at radius 1 is 1.26 bits per heavy atom. The molecule has 0 heterocycles. The van der Waals surface area contributed by atoms with Crippen molar-refractivity contribution in [1.82, 2.24) is 4.90 Å². The van der Waals surface area contributed by atoms with E-state index in [1.54, 1.807) is 17.0 Å². The van der Waals surface area contributed by atoms with Crippen molar-refractivity contribution in [3.8, 4) is 12.1 Å². The molecule has 1 aromatic rings. The van der Waals surface area contributed by atoms with E-state index in [0.717, 1.165) is 10.0 Å². The molecule has 0 spiro atoms. The van der Waals surface area contributed by atoms with Crippen molar-refractivity contribution in [3.05, 3.63) is 33.8 Å². The molecule has 1 aromatic carbocycles. The Labute approximate surface area is 121 Å². The van der Waals surface area contributed by atoms with Gasteiger partial charge in [0, 0.05) is 23.1 Å². The molecule has 0 aliphatic carbocycles. The van der Waals surface area contributed by atoms with E-state index in [4.69, 9.17) is 10.5 Å². The second-order valence-corrected chi connectivity index (χ2v) is 4.88. The average molecular weight is 320 g/mol. The minimum Gasteiger partial charge on any atom is -0.337 e. The number of carbonyl (C=O) groups is 1. The van der Waals surface area contributed by atoms with Gasteiger partial charge in [0.15, 0.2) is 0 Å². The first kappa shape index (κ1) is 15.2. The van der Waals surface area contributed by atoms with E-state index in [1.165, 1.54) is 0 Å². The topological polar surface area (TPSA) is 67.9 Å². The molecule has 0 bridgehead atoms. The van der Waals surface area contributed by atoms with Crippen LogP contribution in [-0.2, 0) is 0 Å². The SMILES string of the molecule is Cc1c(Br)cccc1C(=O)N(CCC#N)CCC#N. The van der Waals surface area contributed by atoms with Gasteiger partial charge in [-0.05, 0) is 24.6 Å². The zero-order valence-corrected chi connectivity index (χ0v) is 12.3. The molecule has 0 aliphatic rings. The van der Waals surface area contributed by atoms with Gasteiger partial charge in [-0.2, -0.15) is 10.5 Å². The number of rotatable bonds is 5. The standard InChI is InChI=1S/C14H14BrN3O/c1-11-12(5-2-6-13(11)15)14(19)18(9-3-7-16)10-4-8-17/h2,5-6H,3-4,9-10H2,1H3. The Bertz CT molecular complexity index is 525. The van der Waals surface area contributed by atoms with Crippen molar-refractivity contribution in [3.63, 3.8) is 0 Å². The maximum Gasteiger partial charge on any atom is 0.254 e. The van der Waals surface area contributed by atoms with Crippen molar-refractivity contribution in [2.24, 2.45) is 0 Å². The number of halogens is 1. The van der Waals surface area contributed by atoms with Crippen LogP contribution in [0.2, 0.25) is 0 Å². The number of carbonyl (C=O) groups excluding carboxylic acids is 1.